The molecule has 2 rings (SSSR count). The summed E-state index contributed by atoms with van der Waals surface area (Å²) >= 11 is 0. The third-order valence-corrected chi connectivity index (χ3v) is 12.6. The van der Waals surface area contributed by atoms with Gasteiger partial charge in [-0.2, -0.15) is 5.26 Å². The summed E-state index contributed by atoms with van der Waals surface area (Å²) in [5.74, 6) is -11.8. The first-order valence-corrected chi connectivity index (χ1v) is 26.0. The van der Waals surface area contributed by atoms with Crippen molar-refractivity contribution in [3.8, 4) is 11.8 Å². The number of hydrogen-bond donors (Lipinski definition) is 14. The zero-order chi connectivity index (χ0) is 60.4. The topological polar surface area (TPSA) is 447 Å². The summed E-state index contributed by atoms with van der Waals surface area (Å²) in [6.45, 7) is 9.09. The van der Waals surface area contributed by atoms with E-state index in [2.05, 4.69) is 42.2 Å². The molecule has 16 N–H and O–H groups in total. The molecule has 0 saturated carbocycles. The Balaban J connectivity index is 2.51. The number of nitriles is 1. The minimum absolute atomic E-state index is 0.0262. The number of aliphatic carboxylic acids is 2. The molecular formula is C53H78N12O15. The van der Waals surface area contributed by atoms with Crippen molar-refractivity contribution in [2.24, 2.45) is 28.3 Å². The highest BCUT2D eigenvalue weighted by atomic mass is 16.4. The molecule has 0 saturated heterocycles. The maximum absolute atomic E-state index is 14.4. The minimum Gasteiger partial charge on any atom is -0.508 e. The number of nitrogens with two attached hydrogens (primary N) is 2. The number of carboxylic acid groups (broad SMARTS) is 2. The lowest BCUT2D eigenvalue weighted by Gasteiger charge is -2.32. The number of amides is 8. The fourth-order valence-corrected chi connectivity index (χ4v) is 7.90. The molecule has 27 heteroatoms. The van der Waals surface area contributed by atoms with Crippen molar-refractivity contribution in [1.82, 2.24) is 42.1 Å². The second kappa shape index (κ2) is 33.9. The number of hydrogen-bond acceptors (Lipinski definition) is 16. The molecule has 0 spiro atoms. The van der Waals surface area contributed by atoms with Gasteiger partial charge in [0, 0.05) is 20.0 Å². The lowest BCUT2D eigenvalue weighted by molar-refractivity contribution is -0.147. The summed E-state index contributed by atoms with van der Waals surface area (Å²) in [5, 5.41) is 76.6. The molecule has 2 aromatic carbocycles. The minimum atomic E-state index is -2.01. The van der Waals surface area contributed by atoms with Gasteiger partial charge in [0.1, 0.15) is 60.2 Å². The molecule has 80 heavy (non-hydrogen) atoms. The Labute approximate surface area is 464 Å². The number of aliphatic hydroxyl groups is 2. The number of likely N-dealkylation sites (N-methyl/N-ethyl adjacent to an activating group) is 1. The first-order valence-electron chi connectivity index (χ1n) is 26.0. The summed E-state index contributed by atoms with van der Waals surface area (Å²) < 4.78 is 0. The highest BCUT2D eigenvalue weighted by molar-refractivity contribution is 5.99. The molecule has 440 valence electrons. The van der Waals surface area contributed by atoms with Crippen LogP contribution in [-0.4, -0.2) is 176 Å². The number of rotatable bonds is 34. The number of nitrogens with zero attached hydrogens (tertiary/aromatic N) is 3. The van der Waals surface area contributed by atoms with Crippen LogP contribution in [0.2, 0.25) is 0 Å². The van der Waals surface area contributed by atoms with Crippen molar-refractivity contribution in [2.75, 3.05) is 13.6 Å². The highest BCUT2D eigenvalue weighted by Gasteiger charge is 2.38. The largest absolute Gasteiger partial charge is 0.508 e. The lowest BCUT2D eigenvalue weighted by atomic mass is 9.99. The Kier molecular flexibility index (Phi) is 28.8. The number of aromatic hydroxyl groups is 1. The van der Waals surface area contributed by atoms with E-state index in [-0.39, 0.29) is 50.3 Å². The third kappa shape index (κ3) is 23.4. The SMILES string of the molecule is CC(C)CC(NC(=O)C(N)Cc1ccccc1)C(=O)NC(Cc1ccc(O)cc1)C(=O)NC(CCCN=CN)C(=O)NC(CC(=O)O)C(=O)NC(CCC(O)C#N)C(=O)NC(C(=O)N(C)C(C)C(=O)NC(C(=O)O)C(C)C)C(C)O. The Bertz CT molecular complexity index is 2490. The van der Waals surface area contributed by atoms with Gasteiger partial charge in [0.15, 0.2) is 0 Å². The smallest absolute Gasteiger partial charge is 0.326 e. The van der Waals surface area contributed by atoms with Gasteiger partial charge in [-0.3, -0.25) is 48.1 Å². The number of phenols is 1. The van der Waals surface area contributed by atoms with Crippen LogP contribution in [0.15, 0.2) is 59.6 Å². The van der Waals surface area contributed by atoms with Gasteiger partial charge in [0.05, 0.1) is 31.0 Å². The van der Waals surface area contributed by atoms with Crippen LogP contribution in [-0.2, 0) is 60.8 Å². The molecule has 0 fully saturated rings. The molecular weight excluding hydrogens is 1040 g/mol. The molecule has 2 aromatic rings. The number of carboxylic acids is 2. The second-order valence-electron chi connectivity index (χ2n) is 20.0. The Hall–Kier alpha value is -8.22. The van der Waals surface area contributed by atoms with Crippen LogP contribution in [0, 0.1) is 23.2 Å². The van der Waals surface area contributed by atoms with Crippen LogP contribution in [0.4, 0.5) is 0 Å². The van der Waals surface area contributed by atoms with Gasteiger partial charge in [-0.15, -0.1) is 0 Å². The monoisotopic (exact) mass is 1120 g/mol. The second-order valence-corrected chi connectivity index (χ2v) is 20.0. The van der Waals surface area contributed by atoms with Crippen LogP contribution in [0.1, 0.15) is 91.2 Å². The number of aliphatic imine (C=N–C) groups is 1. The molecule has 0 aromatic heterocycles. The van der Waals surface area contributed by atoms with Crippen molar-refractivity contribution in [1.29, 1.82) is 5.26 Å². The number of benzene rings is 2. The van der Waals surface area contributed by atoms with Crippen LogP contribution in [0.3, 0.4) is 0 Å². The molecule has 11 unspecified atom stereocenters. The van der Waals surface area contributed by atoms with E-state index in [0.29, 0.717) is 5.56 Å². The predicted molar refractivity (Wildman–Crippen MR) is 289 cm³/mol. The summed E-state index contributed by atoms with van der Waals surface area (Å²) in [7, 11) is 1.14. The summed E-state index contributed by atoms with van der Waals surface area (Å²) in [6, 6.07) is 2.44. The maximum Gasteiger partial charge on any atom is 0.326 e. The van der Waals surface area contributed by atoms with Crippen molar-refractivity contribution >= 4 is 65.5 Å². The maximum atomic E-state index is 14.4. The summed E-state index contributed by atoms with van der Waals surface area (Å²) in [5.41, 5.74) is 12.9. The van der Waals surface area contributed by atoms with E-state index < -0.39 is 151 Å². The van der Waals surface area contributed by atoms with Crippen molar-refractivity contribution in [3.05, 3.63) is 65.7 Å². The standard InChI is InChI=1S/C53H78N12O15/c1-28(2)22-39(60-46(72)36(56)23-32-12-9-8-10-13-32)49(75)61-40(24-33-15-17-34(67)18-16-33)50(76)58-37(14-11-21-57-27-55)47(73)62-41(25-42(69)70)51(77)59-38(20-19-35(68)26-54)48(74)64-44(31(6)66)52(78)65(7)30(5)45(71)63-43(29(3)4)53(79)80/h8-10,12-13,15-18,27-31,35-41,43-44,66-68H,11,14,19-25,56H2,1-7H3,(H2,55,57)(H,58,76)(H,59,77)(H,60,72)(H,61,75)(H,62,73)(H,63,71)(H,64,74)(H,69,70)(H,79,80). The van der Waals surface area contributed by atoms with E-state index in [4.69, 9.17) is 11.5 Å². The van der Waals surface area contributed by atoms with Gasteiger partial charge in [-0.05, 0) is 87.5 Å². The quantitative estimate of drug-likeness (QED) is 0.0153. The van der Waals surface area contributed by atoms with Crippen LogP contribution in [0.25, 0.3) is 0 Å². The van der Waals surface area contributed by atoms with Gasteiger partial charge >= 0.3 is 11.9 Å². The highest BCUT2D eigenvalue weighted by Crippen LogP contribution is 2.15. The number of aliphatic hydroxyl groups excluding tert-OH is 2. The summed E-state index contributed by atoms with van der Waals surface area (Å²) in [4.78, 5) is 140. The van der Waals surface area contributed by atoms with E-state index in [1.54, 1.807) is 64.1 Å². The van der Waals surface area contributed by atoms with Crippen LogP contribution < -0.4 is 48.7 Å². The lowest BCUT2D eigenvalue weighted by Crippen LogP contribution is -2.62. The van der Waals surface area contributed by atoms with Crippen LogP contribution >= 0.6 is 0 Å². The fourth-order valence-electron chi connectivity index (χ4n) is 7.90. The molecule has 0 aliphatic heterocycles. The average Bonchev–Trinajstić information content (AvgIpc) is 3.40. The van der Waals surface area contributed by atoms with Crippen molar-refractivity contribution < 1.29 is 73.5 Å². The van der Waals surface area contributed by atoms with Gasteiger partial charge in [-0.1, -0.05) is 70.2 Å². The van der Waals surface area contributed by atoms with E-state index in [9.17, 15) is 78.7 Å². The first kappa shape index (κ1) is 67.9. The molecule has 11 atom stereocenters. The number of phenolic OH excluding ortho intramolecular Hbond substituents is 1. The van der Waals surface area contributed by atoms with Gasteiger partial charge in [0.2, 0.25) is 47.3 Å². The molecule has 0 aliphatic carbocycles. The fraction of sp³-hybridized carbons (Fsp3) is 0.547. The Morgan fingerprint density at radius 2 is 1.14 bits per heavy atom. The Morgan fingerprint density at radius 3 is 1.68 bits per heavy atom. The van der Waals surface area contributed by atoms with Gasteiger partial charge in [0.25, 0.3) is 0 Å². The number of nitrogens with one attached hydrogen (secondary N) is 7. The number of carbonyl (C=O) groups excluding carboxylic acids is 8. The normalized spacial score (nSPS) is 15.4. The number of carbonyl (C=O) groups is 10. The van der Waals surface area contributed by atoms with Crippen molar-refractivity contribution in [3.63, 3.8) is 0 Å². The third-order valence-electron chi connectivity index (χ3n) is 12.6. The van der Waals surface area contributed by atoms with Gasteiger partial charge < -0.3 is 79.1 Å². The first-order chi connectivity index (χ1) is 37.6. The molecule has 0 radical (unpaired) electrons. The molecule has 8 amide bonds. The zero-order valence-electron chi connectivity index (χ0n) is 46.0. The molecule has 27 nitrogen and oxygen atoms in total. The van der Waals surface area contributed by atoms with Crippen molar-refractivity contribution in [2.45, 2.75) is 159 Å². The van der Waals surface area contributed by atoms with E-state index in [0.717, 1.165) is 30.8 Å². The van der Waals surface area contributed by atoms with E-state index >= 15 is 0 Å². The average molecular weight is 1120 g/mol. The molecule has 0 bridgehead atoms. The summed E-state index contributed by atoms with van der Waals surface area (Å²) in [6.07, 6.45) is -4.66. The van der Waals surface area contributed by atoms with E-state index in [1.165, 1.54) is 31.2 Å². The predicted octanol–water partition coefficient (Wildman–Crippen LogP) is -2.18. The Morgan fingerprint density at radius 1 is 0.637 bits per heavy atom. The molecule has 0 heterocycles. The zero-order valence-corrected chi connectivity index (χ0v) is 46.0. The van der Waals surface area contributed by atoms with Gasteiger partial charge in [-0.25, -0.2) is 4.79 Å². The van der Waals surface area contributed by atoms with E-state index in [1.807, 2.05) is 0 Å². The molecule has 0 aliphatic rings. The van der Waals surface area contributed by atoms with Crippen LogP contribution in [0.5, 0.6) is 5.75 Å².